The first-order valence-electron chi connectivity index (χ1n) is 8.75. The molecule has 156 valence electrons. The van der Waals surface area contributed by atoms with E-state index in [-0.39, 0.29) is 9.92 Å². The first kappa shape index (κ1) is 21.9. The highest BCUT2D eigenvalue weighted by atomic mass is 35.5. The predicted octanol–water partition coefficient (Wildman–Crippen LogP) is 3.91. The lowest BCUT2D eigenvalue weighted by molar-refractivity contribution is -0.120. The fourth-order valence-corrected chi connectivity index (χ4v) is 4.75. The molecule has 3 N–H and O–H groups in total. The molecular weight excluding hydrogens is 434 g/mol. The summed E-state index contributed by atoms with van der Waals surface area (Å²) in [5, 5.41) is 0.900. The minimum atomic E-state index is -4.41. The zero-order chi connectivity index (χ0) is 21.9. The molecule has 9 heteroatoms. The molecule has 3 rings (SSSR count). The van der Waals surface area contributed by atoms with Crippen LogP contribution in [0.25, 0.3) is 0 Å². The molecule has 0 saturated carbocycles. The van der Waals surface area contributed by atoms with Crippen molar-refractivity contribution in [3.8, 4) is 0 Å². The van der Waals surface area contributed by atoms with Crippen molar-refractivity contribution < 1.29 is 22.0 Å². The van der Waals surface area contributed by atoms with Crippen LogP contribution in [0.1, 0.15) is 22.5 Å². The number of carbonyl (C=O) groups excluding carboxylic acids is 1. The summed E-state index contributed by atoms with van der Waals surface area (Å²) in [6.45, 7) is 0. The van der Waals surface area contributed by atoms with Gasteiger partial charge in [-0.25, -0.2) is 17.2 Å². The Bertz CT molecular complexity index is 1140. The van der Waals surface area contributed by atoms with Gasteiger partial charge in [0.25, 0.3) is 0 Å². The van der Waals surface area contributed by atoms with Gasteiger partial charge in [-0.1, -0.05) is 48.0 Å². The van der Waals surface area contributed by atoms with E-state index in [1.807, 2.05) is 0 Å². The van der Waals surface area contributed by atoms with Crippen LogP contribution in [-0.4, -0.2) is 14.3 Å². The summed E-state index contributed by atoms with van der Waals surface area (Å²) in [4.78, 5) is 11.9. The number of hydrogen-bond acceptors (Lipinski definition) is 4. The molecule has 0 radical (unpaired) electrons. The molecule has 3 aromatic rings. The normalized spacial score (nSPS) is 13.6. The van der Waals surface area contributed by atoms with Gasteiger partial charge in [0, 0.05) is 5.02 Å². The highest BCUT2D eigenvalue weighted by molar-refractivity contribution is 7.91. The van der Waals surface area contributed by atoms with E-state index in [2.05, 4.69) is 5.32 Å². The number of nitrogens with two attached hydrogens (primary N) is 1. The summed E-state index contributed by atoms with van der Waals surface area (Å²) >= 11 is 5.82. The molecule has 0 saturated heterocycles. The standard InChI is InChI=1S/C21H17ClF2N2O3S/c22-14-9-11-15(12-10-14)30(28,29)21(18-16(23)7-4-8-17(18)24)26-19(20(25)27)13-5-2-1-3-6-13/h1-12,19,21,26H,(H2,25,27)/t19?,21-/m1/s1. The fraction of sp³-hybridized carbons (Fsp3) is 0.0952. The molecule has 0 aliphatic carbocycles. The SMILES string of the molecule is NC(=O)C(N[C@@H](c1c(F)cccc1F)S(=O)(=O)c1ccc(Cl)cc1)c1ccccc1. The van der Waals surface area contributed by atoms with E-state index >= 15 is 0 Å². The number of hydrogen-bond donors (Lipinski definition) is 2. The molecule has 3 aromatic carbocycles. The number of amides is 1. The Morgan fingerprint density at radius 1 is 0.900 bits per heavy atom. The lowest BCUT2D eigenvalue weighted by Crippen LogP contribution is -2.39. The molecule has 2 atom stereocenters. The minimum absolute atomic E-state index is 0.233. The molecule has 0 aliphatic heterocycles. The Hall–Kier alpha value is -2.81. The molecule has 0 bridgehead atoms. The van der Waals surface area contributed by atoms with Crippen molar-refractivity contribution in [2.24, 2.45) is 5.73 Å². The van der Waals surface area contributed by atoms with Crippen molar-refractivity contribution in [3.05, 3.63) is 101 Å². The third-order valence-electron chi connectivity index (χ3n) is 4.45. The maximum atomic E-state index is 14.6. The van der Waals surface area contributed by atoms with Gasteiger partial charge in [-0.3, -0.25) is 10.1 Å². The van der Waals surface area contributed by atoms with E-state index in [4.69, 9.17) is 17.3 Å². The van der Waals surface area contributed by atoms with Crippen LogP contribution in [0.3, 0.4) is 0 Å². The highest BCUT2D eigenvalue weighted by Gasteiger charge is 2.36. The maximum absolute atomic E-state index is 14.6. The lowest BCUT2D eigenvalue weighted by Gasteiger charge is -2.25. The van der Waals surface area contributed by atoms with Crippen LogP contribution in [0.5, 0.6) is 0 Å². The van der Waals surface area contributed by atoms with Crippen molar-refractivity contribution in [2.45, 2.75) is 16.3 Å². The lowest BCUT2D eigenvalue weighted by atomic mass is 10.1. The Morgan fingerprint density at radius 2 is 1.47 bits per heavy atom. The molecular formula is C21H17ClF2N2O3S. The second-order valence-electron chi connectivity index (χ2n) is 6.43. The van der Waals surface area contributed by atoms with E-state index in [0.717, 1.165) is 18.2 Å². The van der Waals surface area contributed by atoms with E-state index < -0.39 is 44.4 Å². The van der Waals surface area contributed by atoms with Gasteiger partial charge in [0.1, 0.15) is 23.1 Å². The Balaban J connectivity index is 2.17. The van der Waals surface area contributed by atoms with Crippen LogP contribution in [0.4, 0.5) is 8.78 Å². The number of halogens is 3. The second kappa shape index (κ2) is 8.91. The van der Waals surface area contributed by atoms with Gasteiger partial charge in [0.15, 0.2) is 9.84 Å². The molecule has 0 spiro atoms. The Labute approximate surface area is 177 Å². The number of rotatable bonds is 7. The molecule has 0 heterocycles. The smallest absolute Gasteiger partial charge is 0.239 e. The summed E-state index contributed by atoms with van der Waals surface area (Å²) in [5.74, 6) is -3.07. The van der Waals surface area contributed by atoms with E-state index in [9.17, 15) is 22.0 Å². The second-order valence-corrected chi connectivity index (χ2v) is 8.90. The molecule has 1 unspecified atom stereocenters. The predicted molar refractivity (Wildman–Crippen MR) is 109 cm³/mol. The van der Waals surface area contributed by atoms with Crippen LogP contribution in [-0.2, 0) is 14.6 Å². The maximum Gasteiger partial charge on any atom is 0.239 e. The fourth-order valence-electron chi connectivity index (χ4n) is 2.99. The van der Waals surface area contributed by atoms with Gasteiger partial charge in [0.05, 0.1) is 10.5 Å². The van der Waals surface area contributed by atoms with Gasteiger partial charge in [0.2, 0.25) is 5.91 Å². The third kappa shape index (κ3) is 4.51. The van der Waals surface area contributed by atoms with Crippen molar-refractivity contribution in [3.63, 3.8) is 0 Å². The average Bonchev–Trinajstić information content (AvgIpc) is 2.70. The summed E-state index contributed by atoms with van der Waals surface area (Å²) in [6, 6.07) is 14.8. The number of sulfone groups is 1. The number of primary amides is 1. The molecule has 5 nitrogen and oxygen atoms in total. The average molecular weight is 451 g/mol. The molecule has 30 heavy (non-hydrogen) atoms. The molecule has 0 fully saturated rings. The number of nitrogens with one attached hydrogen (secondary N) is 1. The van der Waals surface area contributed by atoms with Gasteiger partial charge in [-0.15, -0.1) is 0 Å². The van der Waals surface area contributed by atoms with Gasteiger partial charge in [-0.05, 0) is 42.0 Å². The monoisotopic (exact) mass is 450 g/mol. The number of carbonyl (C=O) groups is 1. The van der Waals surface area contributed by atoms with Crippen molar-refractivity contribution in [2.75, 3.05) is 0 Å². The first-order chi connectivity index (χ1) is 14.2. The topological polar surface area (TPSA) is 89.3 Å². The zero-order valence-corrected chi connectivity index (χ0v) is 17.0. The van der Waals surface area contributed by atoms with E-state index in [1.54, 1.807) is 30.3 Å². The van der Waals surface area contributed by atoms with Crippen LogP contribution in [0.15, 0.2) is 77.7 Å². The van der Waals surface area contributed by atoms with Crippen LogP contribution in [0.2, 0.25) is 5.02 Å². The summed E-state index contributed by atoms with van der Waals surface area (Å²) in [5.41, 5.74) is 5.08. The highest BCUT2D eigenvalue weighted by Crippen LogP contribution is 2.33. The Morgan fingerprint density at radius 3 is 2.00 bits per heavy atom. The first-order valence-corrected chi connectivity index (χ1v) is 10.7. The third-order valence-corrected chi connectivity index (χ3v) is 6.62. The number of benzene rings is 3. The van der Waals surface area contributed by atoms with Crippen LogP contribution in [0, 0.1) is 11.6 Å². The van der Waals surface area contributed by atoms with E-state index in [0.29, 0.717) is 5.56 Å². The van der Waals surface area contributed by atoms with Crippen LogP contribution < -0.4 is 11.1 Å². The van der Waals surface area contributed by atoms with Gasteiger partial charge >= 0.3 is 0 Å². The summed E-state index contributed by atoms with van der Waals surface area (Å²) < 4.78 is 55.9. The molecule has 1 amide bonds. The molecule has 0 aliphatic rings. The van der Waals surface area contributed by atoms with Crippen molar-refractivity contribution in [1.82, 2.24) is 5.32 Å². The largest absolute Gasteiger partial charge is 0.368 e. The van der Waals surface area contributed by atoms with Gasteiger partial charge in [-0.2, -0.15) is 0 Å². The van der Waals surface area contributed by atoms with Crippen molar-refractivity contribution in [1.29, 1.82) is 0 Å². The zero-order valence-electron chi connectivity index (χ0n) is 15.4. The quantitative estimate of drug-likeness (QED) is 0.571. The molecule has 0 aromatic heterocycles. The van der Waals surface area contributed by atoms with E-state index in [1.165, 1.54) is 24.3 Å². The Kier molecular flexibility index (Phi) is 6.50. The van der Waals surface area contributed by atoms with Crippen LogP contribution >= 0.6 is 11.6 Å². The van der Waals surface area contributed by atoms with Gasteiger partial charge < -0.3 is 5.73 Å². The minimum Gasteiger partial charge on any atom is -0.368 e. The summed E-state index contributed by atoms with van der Waals surface area (Å²) in [7, 11) is -4.41. The van der Waals surface area contributed by atoms with Crippen molar-refractivity contribution >= 4 is 27.3 Å². The summed E-state index contributed by atoms with van der Waals surface area (Å²) in [6.07, 6.45) is 0.